The number of carbonyl (C=O) groups is 1. The zero-order valence-corrected chi connectivity index (χ0v) is 26.5. The minimum absolute atomic E-state index is 0.0577. The third-order valence-electron chi connectivity index (χ3n) is 8.84. The van der Waals surface area contributed by atoms with E-state index in [9.17, 15) is 4.79 Å². The van der Waals surface area contributed by atoms with Gasteiger partial charge >= 0.3 is 0 Å². The van der Waals surface area contributed by atoms with E-state index in [0.29, 0.717) is 17.0 Å². The first-order valence-electron chi connectivity index (χ1n) is 15.5. The van der Waals surface area contributed by atoms with Crippen molar-refractivity contribution in [3.05, 3.63) is 94.7 Å². The Morgan fingerprint density at radius 3 is 2.47 bits per heavy atom. The Hall–Kier alpha value is -4.86. The molecule has 1 atom stereocenters. The van der Waals surface area contributed by atoms with Crippen LogP contribution in [0.15, 0.2) is 60.9 Å². The van der Waals surface area contributed by atoms with Crippen LogP contribution in [0.2, 0.25) is 0 Å². The van der Waals surface area contributed by atoms with Crippen molar-refractivity contribution >= 4 is 22.5 Å². The van der Waals surface area contributed by atoms with Gasteiger partial charge in [-0.05, 0) is 68.4 Å². The number of aromatic nitrogens is 7. The molecule has 0 saturated heterocycles. The molecule has 7 rings (SSSR count). The molecule has 10 heteroatoms. The molecule has 1 aliphatic rings. The maximum atomic E-state index is 15.5. The molecule has 4 heterocycles. The van der Waals surface area contributed by atoms with E-state index >= 15 is 4.39 Å². The van der Waals surface area contributed by atoms with Gasteiger partial charge in [0.15, 0.2) is 5.65 Å². The summed E-state index contributed by atoms with van der Waals surface area (Å²) in [5.74, 6) is 1.43. The van der Waals surface area contributed by atoms with Gasteiger partial charge in [-0.2, -0.15) is 10.2 Å². The number of hydrogen-bond donors (Lipinski definition) is 0. The Morgan fingerprint density at radius 2 is 1.78 bits per heavy atom. The Labute approximate surface area is 261 Å². The van der Waals surface area contributed by atoms with Crippen molar-refractivity contribution < 1.29 is 9.18 Å². The lowest BCUT2D eigenvalue weighted by Gasteiger charge is -2.13. The summed E-state index contributed by atoms with van der Waals surface area (Å²) in [6.07, 6.45) is 4.94. The molecule has 1 unspecified atom stereocenters. The fourth-order valence-electron chi connectivity index (χ4n) is 6.42. The molecule has 1 amide bonds. The molecule has 1 aliphatic carbocycles. The summed E-state index contributed by atoms with van der Waals surface area (Å²) >= 11 is 0. The third kappa shape index (κ3) is 4.98. The summed E-state index contributed by atoms with van der Waals surface area (Å²) in [5.41, 5.74) is 9.11. The Kier molecular flexibility index (Phi) is 7.02. The number of benzene rings is 2. The van der Waals surface area contributed by atoms with Gasteiger partial charge in [-0.15, -0.1) is 10.2 Å². The van der Waals surface area contributed by atoms with E-state index in [1.165, 1.54) is 16.0 Å². The monoisotopic (exact) mass is 604 g/mol. The molecule has 0 spiro atoms. The zero-order valence-electron chi connectivity index (χ0n) is 26.5. The molecule has 0 aliphatic heterocycles. The van der Waals surface area contributed by atoms with Crippen molar-refractivity contribution in [2.75, 3.05) is 14.1 Å². The molecular formula is C35H37FN8O. The van der Waals surface area contributed by atoms with Crippen LogP contribution in [-0.2, 0) is 6.54 Å². The summed E-state index contributed by atoms with van der Waals surface area (Å²) in [4.78, 5) is 13.7. The van der Waals surface area contributed by atoms with Crippen molar-refractivity contribution in [2.45, 2.75) is 65.1 Å². The average Bonchev–Trinajstić information content (AvgIpc) is 3.53. The van der Waals surface area contributed by atoms with E-state index in [1.807, 2.05) is 31.5 Å². The zero-order chi connectivity index (χ0) is 31.6. The third-order valence-corrected chi connectivity index (χ3v) is 8.84. The van der Waals surface area contributed by atoms with E-state index in [0.717, 1.165) is 57.9 Å². The van der Waals surface area contributed by atoms with Gasteiger partial charge in [-0.1, -0.05) is 38.1 Å². The Balaban J connectivity index is 1.27. The number of halogens is 1. The largest absolute Gasteiger partial charge is 0.345 e. The van der Waals surface area contributed by atoms with Gasteiger partial charge in [0.1, 0.15) is 12.0 Å². The predicted octanol–water partition coefficient (Wildman–Crippen LogP) is 6.96. The van der Waals surface area contributed by atoms with Crippen LogP contribution in [-0.4, -0.2) is 59.1 Å². The smallest absolute Gasteiger partial charge is 0.253 e. The number of rotatable bonds is 8. The fourth-order valence-corrected chi connectivity index (χ4v) is 6.42. The minimum atomic E-state index is -1.28. The molecule has 2 aromatic carbocycles. The van der Waals surface area contributed by atoms with Crippen LogP contribution < -0.4 is 0 Å². The van der Waals surface area contributed by atoms with Crippen LogP contribution in [0.1, 0.15) is 83.3 Å². The summed E-state index contributed by atoms with van der Waals surface area (Å²) in [5, 5.41) is 19.8. The molecule has 1 saturated carbocycles. The highest BCUT2D eigenvalue weighted by atomic mass is 19.1. The molecule has 0 radical (unpaired) electrons. The first-order valence-corrected chi connectivity index (χ1v) is 15.5. The number of hydrogen-bond acceptors (Lipinski definition) is 5. The normalized spacial score (nSPS) is 14.1. The Bertz CT molecular complexity index is 2060. The predicted molar refractivity (Wildman–Crippen MR) is 173 cm³/mol. The second kappa shape index (κ2) is 10.9. The van der Waals surface area contributed by atoms with Gasteiger partial charge in [0.2, 0.25) is 0 Å². The molecule has 6 aromatic rings. The Morgan fingerprint density at radius 1 is 1.02 bits per heavy atom. The standard InChI is InChI=1S/C35H37FN8O/c1-20(2)31-21(3)44(30-16-17-43-22(4)37-38-34(43)32(30)24-12-13-24)40-33(31)26-8-7-9-29-27(26)18-42(39-29)19-28(36)23-10-14-25(15-11-23)35(45)41(5)6/h7-11,14-18,20,24,28H,12-13,19H2,1-6H3. The quantitative estimate of drug-likeness (QED) is 0.187. The topological polar surface area (TPSA) is 86.1 Å². The number of alkyl halides is 1. The summed E-state index contributed by atoms with van der Waals surface area (Å²) in [6, 6.07) is 14.8. The molecule has 9 nitrogen and oxygen atoms in total. The minimum Gasteiger partial charge on any atom is -0.345 e. The molecule has 230 valence electrons. The van der Waals surface area contributed by atoms with Crippen LogP contribution in [0, 0.1) is 13.8 Å². The second-order valence-corrected chi connectivity index (χ2v) is 12.6. The van der Waals surface area contributed by atoms with Crippen molar-refractivity contribution in [3.63, 3.8) is 0 Å². The van der Waals surface area contributed by atoms with E-state index in [-0.39, 0.29) is 18.4 Å². The fraction of sp³-hybridized carbons (Fsp3) is 0.343. The van der Waals surface area contributed by atoms with E-state index < -0.39 is 6.17 Å². The molecule has 0 bridgehead atoms. The van der Waals surface area contributed by atoms with Crippen molar-refractivity contribution in [1.29, 1.82) is 0 Å². The number of carbonyl (C=O) groups excluding carboxylic acids is 1. The van der Waals surface area contributed by atoms with Crippen molar-refractivity contribution in [2.24, 2.45) is 0 Å². The molecule has 1 fully saturated rings. The highest BCUT2D eigenvalue weighted by Crippen LogP contribution is 2.45. The van der Waals surface area contributed by atoms with Crippen molar-refractivity contribution in [3.8, 4) is 16.9 Å². The molecule has 4 aromatic heterocycles. The van der Waals surface area contributed by atoms with Crippen LogP contribution in [0.4, 0.5) is 4.39 Å². The van der Waals surface area contributed by atoms with Gasteiger partial charge in [0, 0.05) is 59.8 Å². The van der Waals surface area contributed by atoms with Crippen LogP contribution >= 0.6 is 0 Å². The molecule has 0 N–H and O–H groups in total. The summed E-state index contributed by atoms with van der Waals surface area (Å²) in [7, 11) is 3.40. The SMILES string of the molecule is Cc1c(C(C)C)c(-c2cccc3nn(CC(F)c4ccc(C(=O)N(C)C)cc4)cc23)nn1-c1ccn2c(C)nnc2c1C1CC1. The van der Waals surface area contributed by atoms with E-state index in [1.54, 1.807) is 43.0 Å². The highest BCUT2D eigenvalue weighted by molar-refractivity contribution is 5.95. The van der Waals surface area contributed by atoms with Gasteiger partial charge < -0.3 is 4.90 Å². The first-order chi connectivity index (χ1) is 21.6. The lowest BCUT2D eigenvalue weighted by molar-refractivity contribution is 0.0827. The lowest BCUT2D eigenvalue weighted by Crippen LogP contribution is -2.21. The maximum Gasteiger partial charge on any atom is 0.253 e. The van der Waals surface area contributed by atoms with Gasteiger partial charge in [-0.25, -0.2) is 9.07 Å². The average molecular weight is 605 g/mol. The lowest BCUT2D eigenvalue weighted by atomic mass is 9.95. The number of aryl methyl sites for hydroxylation is 1. The maximum absolute atomic E-state index is 15.5. The van der Waals surface area contributed by atoms with Crippen LogP contribution in [0.5, 0.6) is 0 Å². The van der Waals surface area contributed by atoms with E-state index in [2.05, 4.69) is 52.2 Å². The summed E-state index contributed by atoms with van der Waals surface area (Å²) < 4.78 is 21.3. The van der Waals surface area contributed by atoms with E-state index in [4.69, 9.17) is 10.2 Å². The number of nitrogens with zero attached hydrogens (tertiary/aromatic N) is 8. The molecular weight excluding hydrogens is 567 g/mol. The highest BCUT2D eigenvalue weighted by Gasteiger charge is 2.32. The van der Waals surface area contributed by atoms with Crippen molar-refractivity contribution in [1.82, 2.24) is 39.1 Å². The number of fused-ring (bicyclic) bond motifs is 2. The number of pyridine rings is 1. The van der Waals surface area contributed by atoms with Gasteiger partial charge in [0.25, 0.3) is 5.91 Å². The second-order valence-electron chi connectivity index (χ2n) is 12.6. The molecule has 45 heavy (non-hydrogen) atoms. The van der Waals surface area contributed by atoms with Crippen LogP contribution in [0.3, 0.4) is 0 Å². The first kappa shape index (κ1) is 28.9. The number of amides is 1. The van der Waals surface area contributed by atoms with Gasteiger partial charge in [-0.3, -0.25) is 13.9 Å². The van der Waals surface area contributed by atoms with Crippen LogP contribution in [0.25, 0.3) is 33.5 Å². The van der Waals surface area contributed by atoms with Gasteiger partial charge in [0.05, 0.1) is 23.4 Å². The summed E-state index contributed by atoms with van der Waals surface area (Å²) in [6.45, 7) is 8.55.